The van der Waals surface area contributed by atoms with Crippen molar-refractivity contribution in [2.45, 2.75) is 31.8 Å². The SMILES string of the molecule is CCC(c1cccc(F)c1)N1CCSCC1CC(=O)O. The van der Waals surface area contributed by atoms with Gasteiger partial charge in [-0.2, -0.15) is 11.8 Å². The fourth-order valence-corrected chi connectivity index (χ4v) is 3.92. The quantitative estimate of drug-likeness (QED) is 0.906. The first-order valence-electron chi connectivity index (χ1n) is 6.92. The second-order valence-electron chi connectivity index (χ2n) is 5.04. The predicted molar refractivity (Wildman–Crippen MR) is 79.5 cm³/mol. The maximum atomic E-state index is 13.4. The highest BCUT2D eigenvalue weighted by molar-refractivity contribution is 7.99. The van der Waals surface area contributed by atoms with Crippen molar-refractivity contribution in [3.05, 3.63) is 35.6 Å². The van der Waals surface area contributed by atoms with Crippen molar-refractivity contribution in [3.63, 3.8) is 0 Å². The molecule has 0 radical (unpaired) electrons. The molecule has 0 spiro atoms. The number of carboxylic acid groups (broad SMARTS) is 1. The molecule has 3 nitrogen and oxygen atoms in total. The minimum absolute atomic E-state index is 0.0273. The molecule has 5 heteroatoms. The molecule has 1 heterocycles. The zero-order valence-corrected chi connectivity index (χ0v) is 12.4. The lowest BCUT2D eigenvalue weighted by molar-refractivity contribution is -0.138. The van der Waals surface area contributed by atoms with E-state index in [4.69, 9.17) is 5.11 Å². The molecule has 1 aromatic carbocycles. The number of halogens is 1. The minimum Gasteiger partial charge on any atom is -0.481 e. The number of rotatable bonds is 5. The first-order valence-corrected chi connectivity index (χ1v) is 8.08. The standard InChI is InChI=1S/C15H20FNO2S/c1-2-14(11-4-3-5-12(16)8-11)17-6-7-20-10-13(17)9-15(18)19/h3-5,8,13-14H,2,6-7,9-10H2,1H3,(H,18,19). The van der Waals surface area contributed by atoms with Crippen LogP contribution >= 0.6 is 11.8 Å². The van der Waals surface area contributed by atoms with Crippen molar-refractivity contribution in [1.29, 1.82) is 0 Å². The lowest BCUT2D eigenvalue weighted by Gasteiger charge is -2.40. The highest BCUT2D eigenvalue weighted by atomic mass is 32.2. The fourth-order valence-electron chi connectivity index (χ4n) is 2.83. The monoisotopic (exact) mass is 297 g/mol. The molecule has 2 unspecified atom stereocenters. The van der Waals surface area contributed by atoms with E-state index in [0.717, 1.165) is 30.0 Å². The molecule has 20 heavy (non-hydrogen) atoms. The van der Waals surface area contributed by atoms with Gasteiger partial charge >= 0.3 is 5.97 Å². The van der Waals surface area contributed by atoms with Crippen LogP contribution in [0.15, 0.2) is 24.3 Å². The van der Waals surface area contributed by atoms with E-state index < -0.39 is 5.97 Å². The average Bonchev–Trinajstić information content (AvgIpc) is 2.41. The number of carbonyl (C=O) groups is 1. The molecule has 1 aliphatic rings. The topological polar surface area (TPSA) is 40.5 Å². The Morgan fingerprint density at radius 3 is 3.05 bits per heavy atom. The summed E-state index contributed by atoms with van der Waals surface area (Å²) < 4.78 is 13.4. The van der Waals surface area contributed by atoms with Crippen molar-refractivity contribution < 1.29 is 14.3 Å². The Morgan fingerprint density at radius 1 is 1.60 bits per heavy atom. The third-order valence-corrected chi connectivity index (χ3v) is 4.80. The molecule has 2 rings (SSSR count). The Balaban J connectivity index is 2.21. The maximum absolute atomic E-state index is 13.4. The van der Waals surface area contributed by atoms with Crippen LogP contribution in [0.4, 0.5) is 4.39 Å². The second-order valence-corrected chi connectivity index (χ2v) is 6.19. The Bertz CT molecular complexity index is 469. The van der Waals surface area contributed by atoms with Crippen molar-refractivity contribution in [2.75, 3.05) is 18.1 Å². The largest absolute Gasteiger partial charge is 0.481 e. The highest BCUT2D eigenvalue weighted by Gasteiger charge is 2.30. The summed E-state index contributed by atoms with van der Waals surface area (Å²) in [5.74, 6) is 0.832. The third-order valence-electron chi connectivity index (χ3n) is 3.70. The zero-order valence-electron chi connectivity index (χ0n) is 11.6. The number of carboxylic acids is 1. The number of aliphatic carboxylic acids is 1. The van der Waals surface area contributed by atoms with Crippen molar-refractivity contribution in [3.8, 4) is 0 Å². The Labute approximate surface area is 123 Å². The lowest BCUT2D eigenvalue weighted by atomic mass is 10.00. The average molecular weight is 297 g/mol. The van der Waals surface area contributed by atoms with Crippen LogP contribution in [-0.2, 0) is 4.79 Å². The summed E-state index contributed by atoms with van der Waals surface area (Å²) in [6, 6.07) is 6.77. The molecule has 0 saturated carbocycles. The molecule has 1 aliphatic heterocycles. The van der Waals surface area contributed by atoms with Gasteiger partial charge in [0.2, 0.25) is 0 Å². The number of thioether (sulfide) groups is 1. The molecular weight excluding hydrogens is 277 g/mol. The van der Waals surface area contributed by atoms with Gasteiger partial charge in [0, 0.05) is 30.1 Å². The van der Waals surface area contributed by atoms with E-state index in [9.17, 15) is 9.18 Å². The molecule has 1 N–H and O–H groups in total. The van der Waals surface area contributed by atoms with E-state index in [2.05, 4.69) is 11.8 Å². The summed E-state index contributed by atoms with van der Waals surface area (Å²) in [5, 5.41) is 9.06. The number of benzene rings is 1. The summed E-state index contributed by atoms with van der Waals surface area (Å²) >= 11 is 1.80. The van der Waals surface area contributed by atoms with Crippen LogP contribution < -0.4 is 0 Å². The van der Waals surface area contributed by atoms with Crippen LogP contribution in [0.1, 0.15) is 31.4 Å². The highest BCUT2D eigenvalue weighted by Crippen LogP contribution is 2.31. The van der Waals surface area contributed by atoms with Crippen LogP contribution in [0, 0.1) is 5.82 Å². The zero-order chi connectivity index (χ0) is 14.5. The van der Waals surface area contributed by atoms with Crippen LogP contribution in [0.5, 0.6) is 0 Å². The van der Waals surface area contributed by atoms with Crippen molar-refractivity contribution >= 4 is 17.7 Å². The smallest absolute Gasteiger partial charge is 0.304 e. The van der Waals surface area contributed by atoms with E-state index in [1.807, 2.05) is 6.07 Å². The van der Waals surface area contributed by atoms with Gasteiger partial charge in [-0.1, -0.05) is 19.1 Å². The molecule has 1 aromatic rings. The molecule has 1 saturated heterocycles. The van der Waals surface area contributed by atoms with Crippen LogP contribution in [0.2, 0.25) is 0 Å². The van der Waals surface area contributed by atoms with E-state index in [0.29, 0.717) is 0 Å². The van der Waals surface area contributed by atoms with Crippen molar-refractivity contribution in [1.82, 2.24) is 4.90 Å². The normalized spacial score (nSPS) is 21.6. The summed E-state index contributed by atoms with van der Waals surface area (Å²) in [5.41, 5.74) is 0.940. The summed E-state index contributed by atoms with van der Waals surface area (Å²) in [4.78, 5) is 13.3. The van der Waals surface area contributed by atoms with E-state index >= 15 is 0 Å². The van der Waals surface area contributed by atoms with E-state index in [1.165, 1.54) is 6.07 Å². The van der Waals surface area contributed by atoms with Gasteiger partial charge in [0.1, 0.15) is 5.82 Å². The maximum Gasteiger partial charge on any atom is 0.304 e. The van der Waals surface area contributed by atoms with Crippen LogP contribution in [0.3, 0.4) is 0 Å². The van der Waals surface area contributed by atoms with Gasteiger partial charge in [0.25, 0.3) is 0 Å². The molecule has 1 fully saturated rings. The Hall–Kier alpha value is -1.07. The first kappa shape index (κ1) is 15.3. The van der Waals surface area contributed by atoms with Crippen LogP contribution in [0.25, 0.3) is 0 Å². The molecular formula is C15H20FNO2S. The first-order chi connectivity index (χ1) is 9.61. The summed E-state index contributed by atoms with van der Waals surface area (Å²) in [7, 11) is 0. The fraction of sp³-hybridized carbons (Fsp3) is 0.533. The minimum atomic E-state index is -0.767. The van der Waals surface area contributed by atoms with Gasteiger partial charge in [0.05, 0.1) is 6.42 Å². The molecule has 2 atom stereocenters. The lowest BCUT2D eigenvalue weighted by Crippen LogP contribution is -2.45. The third kappa shape index (κ3) is 3.73. The molecule has 0 bridgehead atoms. The van der Waals surface area contributed by atoms with Gasteiger partial charge < -0.3 is 5.11 Å². The van der Waals surface area contributed by atoms with E-state index in [-0.39, 0.29) is 24.3 Å². The van der Waals surface area contributed by atoms with Crippen LogP contribution in [-0.4, -0.2) is 40.1 Å². The van der Waals surface area contributed by atoms with Gasteiger partial charge in [-0.05, 0) is 24.1 Å². The number of hydrogen-bond donors (Lipinski definition) is 1. The summed E-state index contributed by atoms with van der Waals surface area (Å²) in [6.07, 6.45) is 1.00. The second kappa shape index (κ2) is 7.09. The van der Waals surface area contributed by atoms with E-state index in [1.54, 1.807) is 23.9 Å². The predicted octanol–water partition coefficient (Wildman–Crippen LogP) is 3.17. The molecule has 0 aliphatic carbocycles. The molecule has 0 aromatic heterocycles. The Kier molecular flexibility index (Phi) is 5.43. The van der Waals surface area contributed by atoms with Gasteiger partial charge in [-0.3, -0.25) is 9.69 Å². The van der Waals surface area contributed by atoms with Gasteiger partial charge in [-0.25, -0.2) is 4.39 Å². The molecule has 0 amide bonds. The number of hydrogen-bond acceptors (Lipinski definition) is 3. The van der Waals surface area contributed by atoms with Gasteiger partial charge in [-0.15, -0.1) is 0 Å². The summed E-state index contributed by atoms with van der Waals surface area (Å²) in [6.45, 7) is 2.92. The van der Waals surface area contributed by atoms with Gasteiger partial charge in [0.15, 0.2) is 0 Å². The Morgan fingerprint density at radius 2 is 2.40 bits per heavy atom. The van der Waals surface area contributed by atoms with Crippen molar-refractivity contribution in [2.24, 2.45) is 0 Å². The number of nitrogens with zero attached hydrogens (tertiary/aromatic N) is 1. The molecule has 110 valence electrons.